The summed E-state index contributed by atoms with van der Waals surface area (Å²) in [5, 5.41) is 14.0. The summed E-state index contributed by atoms with van der Waals surface area (Å²) >= 11 is 0. The van der Waals surface area contributed by atoms with Crippen molar-refractivity contribution in [3.63, 3.8) is 0 Å². The van der Waals surface area contributed by atoms with Crippen LogP contribution in [0.5, 0.6) is 23.0 Å². The van der Waals surface area contributed by atoms with Crippen molar-refractivity contribution in [2.24, 2.45) is 11.8 Å². The lowest BCUT2D eigenvalue weighted by Crippen LogP contribution is -2.20. The van der Waals surface area contributed by atoms with E-state index in [4.69, 9.17) is 18.9 Å². The van der Waals surface area contributed by atoms with Crippen LogP contribution in [-0.2, 0) is 0 Å². The van der Waals surface area contributed by atoms with Gasteiger partial charge in [0.15, 0.2) is 0 Å². The molecule has 0 heterocycles. The number of ether oxygens (including phenoxy) is 4. The molecule has 0 radical (unpaired) electrons. The molecule has 2 aromatic carbocycles. The number of benzene rings is 2. The highest BCUT2D eigenvalue weighted by molar-refractivity contribution is 7.49. The molecule has 0 bridgehead atoms. The van der Waals surface area contributed by atoms with Crippen molar-refractivity contribution in [2.45, 2.75) is 40.5 Å². The average Bonchev–Trinajstić information content (AvgIpc) is 2.74. The smallest absolute Gasteiger partial charge is 0.134 e. The van der Waals surface area contributed by atoms with E-state index >= 15 is 0 Å². The first-order chi connectivity index (χ1) is 14.8. The maximum atomic E-state index is 13.2. The minimum absolute atomic E-state index is 0.114. The topological polar surface area (TPSA) is 60.0 Å². The Balaban J connectivity index is 2.36. The summed E-state index contributed by atoms with van der Waals surface area (Å²) in [7, 11) is 3.58. The maximum absolute atomic E-state index is 13.2. The molecular weight excluding hydrogens is 411 g/mol. The predicted molar refractivity (Wildman–Crippen MR) is 127 cm³/mol. The second kappa shape index (κ2) is 12.6. The van der Waals surface area contributed by atoms with Gasteiger partial charge in [-0.3, -0.25) is 0 Å². The van der Waals surface area contributed by atoms with E-state index in [2.05, 4.69) is 27.7 Å². The van der Waals surface area contributed by atoms with Gasteiger partial charge in [-0.15, -0.1) is 0 Å². The second-order valence-electron chi connectivity index (χ2n) is 8.15. The van der Waals surface area contributed by atoms with Gasteiger partial charge in [-0.25, -0.2) is 0 Å². The Labute approximate surface area is 188 Å². The molecule has 0 aliphatic rings. The highest BCUT2D eigenvalue weighted by Crippen LogP contribution is 2.31. The monoisotopic (exact) mass is 445 g/mol. The Bertz CT molecular complexity index is 839. The van der Waals surface area contributed by atoms with Gasteiger partial charge in [0.2, 0.25) is 0 Å². The minimum atomic E-state index is -0.114. The van der Waals surface area contributed by atoms with Gasteiger partial charge in [-0.1, -0.05) is 47.4 Å². The van der Waals surface area contributed by atoms with Gasteiger partial charge in [0.1, 0.15) is 23.0 Å². The lowest BCUT2D eigenvalue weighted by atomic mass is 10.1. The van der Waals surface area contributed by atoms with Crippen molar-refractivity contribution in [1.82, 2.24) is 0 Å². The average molecular weight is 446 g/mol. The first kappa shape index (κ1) is 25.0. The van der Waals surface area contributed by atoms with Crippen molar-refractivity contribution < 1.29 is 24.1 Å². The molecule has 2 rings (SSSR count). The van der Waals surface area contributed by atoms with Crippen LogP contribution in [0, 0.1) is 11.8 Å². The van der Waals surface area contributed by atoms with Crippen molar-refractivity contribution in [3.8, 4) is 23.0 Å². The van der Waals surface area contributed by atoms with Crippen LogP contribution in [0.15, 0.2) is 36.4 Å². The van der Waals surface area contributed by atoms with Gasteiger partial charge in [0.05, 0.1) is 27.4 Å². The molecule has 0 unspecified atom stereocenters. The van der Waals surface area contributed by atoms with Crippen LogP contribution in [0.4, 0.5) is 0 Å². The van der Waals surface area contributed by atoms with Crippen LogP contribution in [0.25, 0.3) is 0 Å². The maximum Gasteiger partial charge on any atom is 0.134 e. The standard InChI is InChI=1S/C25H35O5P/c1-17(2)12-14-29-19-10-11-23(22(16-19)30-15-13-18(3)4)31-25(26)24-20(27-5)8-7-9-21(24)28-6/h7-11,16-18,26H,12-15H2,1-6H3/p-1. The van der Waals surface area contributed by atoms with Crippen molar-refractivity contribution in [2.75, 3.05) is 27.4 Å². The Morgan fingerprint density at radius 2 is 1.42 bits per heavy atom. The molecule has 0 saturated carbocycles. The van der Waals surface area contributed by atoms with Crippen LogP contribution in [0.3, 0.4) is 0 Å². The third-order valence-electron chi connectivity index (χ3n) is 4.71. The van der Waals surface area contributed by atoms with Crippen LogP contribution >= 0.6 is 8.20 Å². The van der Waals surface area contributed by atoms with Crippen LogP contribution < -0.4 is 29.4 Å². The van der Waals surface area contributed by atoms with Crippen LogP contribution in [0.1, 0.15) is 46.1 Å². The van der Waals surface area contributed by atoms with E-state index in [0.29, 0.717) is 56.1 Å². The van der Waals surface area contributed by atoms with Gasteiger partial charge in [0.25, 0.3) is 0 Å². The molecule has 0 amide bonds. The predicted octanol–water partition coefficient (Wildman–Crippen LogP) is 4.66. The van der Waals surface area contributed by atoms with Gasteiger partial charge in [-0.2, -0.15) is 0 Å². The SMILES string of the molecule is COc1cccc(OC)c1C([O-])=Pc1ccc(OCCC(C)C)cc1OCCC(C)C. The lowest BCUT2D eigenvalue weighted by molar-refractivity contribution is -0.207. The van der Waals surface area contributed by atoms with Crippen molar-refractivity contribution in [3.05, 3.63) is 42.0 Å². The summed E-state index contributed by atoms with van der Waals surface area (Å²) in [5.74, 6) is 3.52. The number of methoxy groups -OCH3 is 2. The zero-order chi connectivity index (χ0) is 22.8. The zero-order valence-corrected chi connectivity index (χ0v) is 20.3. The molecule has 0 saturated heterocycles. The molecule has 0 fully saturated rings. The Kier molecular flexibility index (Phi) is 10.2. The minimum Gasteiger partial charge on any atom is -0.823 e. The molecule has 6 heteroatoms. The Morgan fingerprint density at radius 3 is 1.97 bits per heavy atom. The third-order valence-corrected chi connectivity index (χ3v) is 5.75. The molecule has 0 aromatic heterocycles. The van der Waals surface area contributed by atoms with Crippen LogP contribution in [-0.4, -0.2) is 32.9 Å². The molecule has 0 atom stereocenters. The lowest BCUT2D eigenvalue weighted by Gasteiger charge is -2.20. The van der Waals surface area contributed by atoms with E-state index in [-0.39, 0.29) is 5.48 Å². The molecular formula is C25H34O5P-. The molecule has 5 nitrogen and oxygen atoms in total. The highest BCUT2D eigenvalue weighted by atomic mass is 31.1. The van der Waals surface area contributed by atoms with E-state index in [9.17, 15) is 5.11 Å². The highest BCUT2D eigenvalue weighted by Gasteiger charge is 2.11. The fourth-order valence-corrected chi connectivity index (χ4v) is 3.78. The first-order valence-electron chi connectivity index (χ1n) is 10.7. The molecule has 170 valence electrons. The fraction of sp³-hybridized carbons (Fsp3) is 0.480. The Hall–Kier alpha value is -2.23. The van der Waals surface area contributed by atoms with E-state index in [1.165, 1.54) is 0 Å². The van der Waals surface area contributed by atoms with E-state index in [1.807, 2.05) is 18.2 Å². The third kappa shape index (κ3) is 7.75. The normalized spacial score (nSPS) is 11.7. The summed E-state index contributed by atoms with van der Waals surface area (Å²) < 4.78 is 22.7. The van der Waals surface area contributed by atoms with Gasteiger partial charge < -0.3 is 24.1 Å². The van der Waals surface area contributed by atoms with Crippen LogP contribution in [0.2, 0.25) is 0 Å². The van der Waals surface area contributed by atoms with Gasteiger partial charge >= 0.3 is 0 Å². The van der Waals surface area contributed by atoms with Crippen molar-refractivity contribution in [1.29, 1.82) is 0 Å². The van der Waals surface area contributed by atoms with Crippen molar-refractivity contribution >= 4 is 19.0 Å². The van der Waals surface area contributed by atoms with E-state index in [1.54, 1.807) is 32.4 Å². The first-order valence-corrected chi connectivity index (χ1v) is 11.6. The summed E-state index contributed by atoms with van der Waals surface area (Å²) in [6.07, 6.45) is 1.92. The molecule has 31 heavy (non-hydrogen) atoms. The fourth-order valence-electron chi connectivity index (χ4n) is 2.84. The quantitative estimate of drug-likeness (QED) is 0.445. The van der Waals surface area contributed by atoms with Gasteiger partial charge in [-0.05, 0) is 48.9 Å². The largest absolute Gasteiger partial charge is 0.823 e. The summed E-state index contributed by atoms with van der Waals surface area (Å²) in [5.41, 5.74) is 0.316. The zero-order valence-electron chi connectivity index (χ0n) is 19.4. The van der Waals surface area contributed by atoms with E-state index < -0.39 is 0 Å². The summed E-state index contributed by atoms with van der Waals surface area (Å²) in [4.78, 5) is 0. The number of hydrogen-bond donors (Lipinski definition) is 0. The summed E-state index contributed by atoms with van der Waals surface area (Å²) in [6, 6.07) is 11.0. The molecule has 0 aliphatic carbocycles. The Morgan fingerprint density at radius 1 is 0.839 bits per heavy atom. The van der Waals surface area contributed by atoms with E-state index in [0.717, 1.165) is 23.9 Å². The molecule has 2 aromatic rings. The second-order valence-corrected chi connectivity index (χ2v) is 9.26. The van der Waals surface area contributed by atoms with Gasteiger partial charge in [0, 0.05) is 16.9 Å². The molecule has 0 N–H and O–H groups in total. The molecule has 0 spiro atoms. The number of rotatable bonds is 12. The number of hydrogen-bond acceptors (Lipinski definition) is 5. The molecule has 0 aliphatic heterocycles. The summed E-state index contributed by atoms with van der Waals surface area (Å²) in [6.45, 7) is 9.89.